The van der Waals surface area contributed by atoms with Crippen molar-refractivity contribution in [2.75, 3.05) is 144 Å². The quantitative estimate of drug-likeness (QED) is 0.157. The smallest absolute Gasteiger partial charge is 0.00201 e. The molecule has 512 valence electrons. The van der Waals surface area contributed by atoms with Crippen molar-refractivity contribution in [1.82, 2.24) is 34.3 Å². The molecule has 9 rings (SSSR count). The summed E-state index contributed by atoms with van der Waals surface area (Å²) in [5.74, 6) is 0. The molecule has 0 aromatic heterocycles. The van der Waals surface area contributed by atoms with E-state index < -0.39 is 0 Å². The van der Waals surface area contributed by atoms with Crippen molar-refractivity contribution in [3.05, 3.63) is 212 Å². The van der Waals surface area contributed by atoms with E-state index in [9.17, 15) is 0 Å². The van der Waals surface area contributed by atoms with Crippen LogP contribution in [0.4, 0.5) is 0 Å². The van der Waals surface area contributed by atoms with Crippen LogP contribution in [0, 0.1) is 0 Å². The van der Waals surface area contributed by atoms with Gasteiger partial charge in [0.15, 0.2) is 0 Å². The lowest BCUT2D eigenvalue weighted by Crippen LogP contribution is -2.08. The van der Waals surface area contributed by atoms with Gasteiger partial charge in [0.1, 0.15) is 0 Å². The molecule has 6 aromatic carbocycles. The van der Waals surface area contributed by atoms with Crippen LogP contribution >= 0.6 is 0 Å². The molecule has 0 unspecified atom stereocenters. The Hall–Kier alpha value is -4.96. The van der Waals surface area contributed by atoms with Gasteiger partial charge in [-0.15, -0.1) is 0 Å². The SMILES string of the molecule is CC.CC.CC.CC.CC.CC.CCN(C)C.CCN(C)C.CCN(C)C.CCN(C)C.CCN(C)C.CCN(C)C.CCN(C)C.c1ccc2c(c1)Cc1ccccc1C2.c1ccc2c(c1)Cc1ccccc1C2.c1ccc2c(c1)Cc1ccccc1C2. The number of hydrogen-bond donors (Lipinski definition) is 0. The second kappa shape index (κ2) is 70.5. The van der Waals surface area contributed by atoms with Crippen LogP contribution in [-0.2, 0) is 38.5 Å². The standard InChI is InChI=1S/3C14H12.7C4H11N.6C2H6/c3*1-2-6-12-10-14-8-4-3-7-13(14)9-11(12)5-1;7*1-4-5(2)3;6*1-2/h3*1-8H,9-10H2;7*4H2,1-3H3;6*1-2H3. The average molecular weight is 1230 g/mol. The van der Waals surface area contributed by atoms with Crippen LogP contribution in [0.1, 0.15) is 198 Å². The topological polar surface area (TPSA) is 22.7 Å². The normalized spacial score (nSPS) is 10.4. The second-order valence-corrected chi connectivity index (χ2v) is 21.4. The molecule has 0 amide bonds. The third-order valence-corrected chi connectivity index (χ3v) is 13.4. The summed E-state index contributed by atoms with van der Waals surface area (Å²) >= 11 is 0. The zero-order valence-corrected chi connectivity index (χ0v) is 65.2. The van der Waals surface area contributed by atoms with Crippen LogP contribution in [0.25, 0.3) is 0 Å². The van der Waals surface area contributed by atoms with Crippen molar-refractivity contribution >= 4 is 0 Å². The Morgan fingerprint density at radius 1 is 0.169 bits per heavy atom. The van der Waals surface area contributed by atoms with E-state index in [1.54, 1.807) is 0 Å². The van der Waals surface area contributed by atoms with Crippen LogP contribution in [-0.4, -0.2) is 179 Å². The van der Waals surface area contributed by atoms with Gasteiger partial charge in [-0.25, -0.2) is 0 Å². The summed E-state index contributed by atoms with van der Waals surface area (Å²) < 4.78 is 0. The number of rotatable bonds is 7. The van der Waals surface area contributed by atoms with Gasteiger partial charge >= 0.3 is 0 Å². The first-order valence-corrected chi connectivity index (χ1v) is 34.6. The third-order valence-electron chi connectivity index (χ3n) is 13.4. The molecule has 7 heteroatoms. The van der Waals surface area contributed by atoms with Crippen molar-refractivity contribution in [1.29, 1.82) is 0 Å². The van der Waals surface area contributed by atoms with E-state index in [0.717, 1.165) is 84.3 Å². The van der Waals surface area contributed by atoms with E-state index in [-0.39, 0.29) is 0 Å². The summed E-state index contributed by atoms with van der Waals surface area (Å²) in [4.78, 5) is 14.9. The zero-order valence-electron chi connectivity index (χ0n) is 65.2. The minimum absolute atomic E-state index is 1.10. The van der Waals surface area contributed by atoms with Crippen molar-refractivity contribution in [3.8, 4) is 0 Å². The molecule has 0 fully saturated rings. The van der Waals surface area contributed by atoms with Gasteiger partial charge in [0.2, 0.25) is 0 Å². The summed E-state index contributed by atoms with van der Waals surface area (Å²) in [6.45, 7) is 46.8. The second-order valence-electron chi connectivity index (χ2n) is 21.4. The number of fused-ring (bicyclic) bond motifs is 6. The number of nitrogens with zero attached hydrogens (tertiary/aromatic N) is 7. The molecule has 0 bridgehead atoms. The van der Waals surface area contributed by atoms with E-state index >= 15 is 0 Å². The van der Waals surface area contributed by atoms with Crippen molar-refractivity contribution in [2.45, 2.75) is 170 Å². The average Bonchev–Trinajstić information content (AvgIpc) is 2.49. The maximum absolute atomic E-state index is 2.24. The highest BCUT2D eigenvalue weighted by Crippen LogP contribution is 2.28. The van der Waals surface area contributed by atoms with Gasteiger partial charge in [0, 0.05) is 0 Å². The summed E-state index contributed by atoms with van der Waals surface area (Å²) in [7, 11) is 28.8. The molecular formula is C82H149N7. The van der Waals surface area contributed by atoms with Crippen LogP contribution < -0.4 is 0 Å². The Morgan fingerprint density at radius 2 is 0.225 bits per heavy atom. The van der Waals surface area contributed by atoms with E-state index in [2.05, 4.69) is 327 Å². The number of benzene rings is 6. The van der Waals surface area contributed by atoms with E-state index in [4.69, 9.17) is 0 Å². The highest BCUT2D eigenvalue weighted by molar-refractivity contribution is 5.47. The molecule has 0 radical (unpaired) electrons. The molecule has 3 aliphatic rings. The van der Waals surface area contributed by atoms with Crippen molar-refractivity contribution < 1.29 is 0 Å². The maximum Gasteiger partial charge on any atom is -0.00201 e. The largest absolute Gasteiger partial charge is 0.310 e. The molecule has 7 nitrogen and oxygen atoms in total. The molecule has 0 saturated heterocycles. The Kier molecular flexibility index (Phi) is 77.3. The Bertz CT molecular complexity index is 1790. The summed E-state index contributed by atoms with van der Waals surface area (Å²) in [6.07, 6.45) is 6.62. The predicted octanol–water partition coefficient (Wildman–Crippen LogP) is 19.7. The fourth-order valence-electron chi connectivity index (χ4n) is 6.65. The lowest BCUT2D eigenvalue weighted by molar-refractivity contribution is 0.434. The van der Waals surface area contributed by atoms with E-state index in [0.29, 0.717) is 0 Å². The first-order chi connectivity index (χ1) is 42.7. The van der Waals surface area contributed by atoms with Gasteiger partial charge in [-0.2, -0.15) is 0 Å². The molecule has 0 spiro atoms. The van der Waals surface area contributed by atoms with Crippen LogP contribution in [0.5, 0.6) is 0 Å². The van der Waals surface area contributed by atoms with Gasteiger partial charge in [0.05, 0.1) is 0 Å². The van der Waals surface area contributed by atoms with Gasteiger partial charge < -0.3 is 34.3 Å². The predicted molar refractivity (Wildman–Crippen MR) is 413 cm³/mol. The molecule has 0 heterocycles. The molecule has 6 aromatic rings. The number of hydrogen-bond acceptors (Lipinski definition) is 7. The Labute approximate surface area is 558 Å². The molecule has 0 aliphatic heterocycles. The molecule has 0 N–H and O–H groups in total. The lowest BCUT2D eigenvalue weighted by Gasteiger charge is -2.18. The Balaban J connectivity index is -0.000000171. The summed E-state index contributed by atoms with van der Waals surface area (Å²) in [5, 5.41) is 0. The third kappa shape index (κ3) is 55.6. The molecule has 89 heavy (non-hydrogen) atoms. The minimum Gasteiger partial charge on any atom is -0.310 e. The monoisotopic (exact) mass is 1230 g/mol. The molecule has 0 atom stereocenters. The van der Waals surface area contributed by atoms with E-state index in [1.165, 1.54) is 66.8 Å². The van der Waals surface area contributed by atoms with Gasteiger partial charge in [0.25, 0.3) is 0 Å². The molecule has 3 aliphatic carbocycles. The fraction of sp³-hybridized carbons (Fsp3) is 0.561. The van der Waals surface area contributed by atoms with Crippen LogP contribution in [0.2, 0.25) is 0 Å². The van der Waals surface area contributed by atoms with Crippen molar-refractivity contribution in [3.63, 3.8) is 0 Å². The molecule has 0 saturated carbocycles. The van der Waals surface area contributed by atoms with Crippen LogP contribution in [0.15, 0.2) is 146 Å². The highest BCUT2D eigenvalue weighted by Gasteiger charge is 2.15. The summed E-state index contributed by atoms with van der Waals surface area (Å²) in [5.41, 5.74) is 17.9. The lowest BCUT2D eigenvalue weighted by atomic mass is 9.86. The van der Waals surface area contributed by atoms with Crippen molar-refractivity contribution in [2.24, 2.45) is 0 Å². The van der Waals surface area contributed by atoms with Crippen LogP contribution in [0.3, 0.4) is 0 Å². The summed E-state index contributed by atoms with van der Waals surface area (Å²) in [6, 6.07) is 52.5. The maximum atomic E-state index is 2.24. The highest BCUT2D eigenvalue weighted by atomic mass is 15.1. The van der Waals surface area contributed by atoms with Gasteiger partial charge in [-0.3, -0.25) is 0 Å². The first-order valence-electron chi connectivity index (χ1n) is 34.6. The van der Waals surface area contributed by atoms with Gasteiger partial charge in [-0.05, 0) is 250 Å². The Morgan fingerprint density at radius 3 is 0.270 bits per heavy atom. The molecular weight excluding hydrogens is 1080 g/mol. The minimum atomic E-state index is 1.10. The van der Waals surface area contributed by atoms with E-state index in [1.807, 2.05) is 83.1 Å². The first kappa shape index (κ1) is 97.6. The zero-order chi connectivity index (χ0) is 70.1. The van der Waals surface area contributed by atoms with Gasteiger partial charge in [-0.1, -0.05) is 277 Å². The fourth-order valence-corrected chi connectivity index (χ4v) is 6.65.